The van der Waals surface area contributed by atoms with Crippen LogP contribution in [0, 0.1) is 0 Å². The summed E-state index contributed by atoms with van der Waals surface area (Å²) in [5.41, 5.74) is 4.18. The van der Waals surface area contributed by atoms with Gasteiger partial charge >= 0.3 is 6.03 Å². The van der Waals surface area contributed by atoms with Crippen molar-refractivity contribution in [2.24, 2.45) is 0 Å². The Balaban J connectivity index is 1.21. The van der Waals surface area contributed by atoms with Crippen LogP contribution in [0.25, 0.3) is 11.1 Å². The molecule has 10 heteroatoms. The van der Waals surface area contributed by atoms with Crippen LogP contribution >= 0.6 is 0 Å². The molecule has 2 fully saturated rings. The Morgan fingerprint density at radius 1 is 1.11 bits per heavy atom. The summed E-state index contributed by atoms with van der Waals surface area (Å²) in [6.07, 6.45) is 1.91. The molecule has 2 amide bonds. The summed E-state index contributed by atoms with van der Waals surface area (Å²) in [4.78, 5) is 28.9. The molecule has 5 rings (SSSR count). The first kappa shape index (κ1) is 24.0. The lowest BCUT2D eigenvalue weighted by atomic mass is 9.99. The number of hydrogen-bond acceptors (Lipinski definition) is 7. The summed E-state index contributed by atoms with van der Waals surface area (Å²) in [5, 5.41) is 25.7. The lowest BCUT2D eigenvalue weighted by Gasteiger charge is -2.34. The average Bonchev–Trinajstić information content (AvgIpc) is 3.44. The number of fused-ring (bicyclic) bond motifs is 1. The molecule has 2 saturated heterocycles. The van der Waals surface area contributed by atoms with E-state index in [-0.39, 0.29) is 25.7 Å². The van der Waals surface area contributed by atoms with Crippen molar-refractivity contribution in [3.05, 3.63) is 47.8 Å². The predicted octanol–water partition coefficient (Wildman–Crippen LogP) is -0.0291. The van der Waals surface area contributed by atoms with Gasteiger partial charge in [-0.15, -0.1) is 0 Å². The van der Waals surface area contributed by atoms with Crippen molar-refractivity contribution in [3.63, 3.8) is 0 Å². The number of aliphatic hydroxyl groups excluding tert-OH is 2. The van der Waals surface area contributed by atoms with E-state index in [1.807, 2.05) is 12.3 Å². The van der Waals surface area contributed by atoms with Crippen molar-refractivity contribution in [2.45, 2.75) is 37.6 Å². The van der Waals surface area contributed by atoms with Crippen molar-refractivity contribution >= 4 is 11.9 Å². The van der Waals surface area contributed by atoms with Crippen molar-refractivity contribution in [2.75, 3.05) is 46.1 Å². The second kappa shape index (κ2) is 10.5. The van der Waals surface area contributed by atoms with E-state index in [1.165, 1.54) is 5.56 Å². The molecule has 3 aliphatic rings. The predicted molar refractivity (Wildman–Crippen MR) is 129 cm³/mol. The van der Waals surface area contributed by atoms with Crippen LogP contribution in [-0.4, -0.2) is 101 Å². The molecule has 35 heavy (non-hydrogen) atoms. The van der Waals surface area contributed by atoms with Crippen LogP contribution in [0.15, 0.2) is 36.5 Å². The van der Waals surface area contributed by atoms with E-state index in [9.17, 15) is 19.8 Å². The molecular weight excluding hydrogens is 450 g/mol. The number of nitrogens with one attached hydrogen (secondary N) is 2. The Labute approximate surface area is 204 Å². The van der Waals surface area contributed by atoms with Gasteiger partial charge in [-0.1, -0.05) is 24.3 Å². The number of aromatic nitrogens is 1. The molecule has 3 aliphatic heterocycles. The molecule has 10 nitrogen and oxygen atoms in total. The van der Waals surface area contributed by atoms with Gasteiger partial charge in [-0.3, -0.25) is 19.6 Å². The van der Waals surface area contributed by atoms with Gasteiger partial charge in [-0.2, -0.15) is 0 Å². The standard InChI is InChI=1S/C25H33N5O5/c31-15-21(12-22-23(32)24(33)27-16-26-22)30-14-20-11-19(13-29(20)25(30)34)18-3-1-17(2-4-18)5-6-28-7-9-35-10-8-28/h1-4,11,13,21-23,26,31-32H,5-10,12,14-16H2,(H,27,33). The highest BCUT2D eigenvalue weighted by atomic mass is 16.5. The van der Waals surface area contributed by atoms with Gasteiger partial charge in [-0.05, 0) is 30.0 Å². The fourth-order valence-electron chi connectivity index (χ4n) is 5.08. The molecular formula is C25H33N5O5. The van der Waals surface area contributed by atoms with Crippen LogP contribution in [0.1, 0.15) is 17.7 Å². The average molecular weight is 484 g/mol. The van der Waals surface area contributed by atoms with Gasteiger partial charge in [0.2, 0.25) is 0 Å². The van der Waals surface area contributed by atoms with E-state index in [0.29, 0.717) is 6.54 Å². The molecule has 0 bridgehead atoms. The Morgan fingerprint density at radius 3 is 2.60 bits per heavy atom. The smallest absolute Gasteiger partial charge is 0.329 e. The molecule has 3 atom stereocenters. The molecule has 0 radical (unpaired) electrons. The van der Waals surface area contributed by atoms with Crippen molar-refractivity contribution in [1.82, 2.24) is 25.0 Å². The minimum Gasteiger partial charge on any atom is -0.394 e. The molecule has 1 aromatic heterocycles. The lowest BCUT2D eigenvalue weighted by molar-refractivity contribution is -0.133. The minimum absolute atomic E-state index is 0.206. The van der Waals surface area contributed by atoms with Gasteiger partial charge in [0.25, 0.3) is 5.91 Å². The van der Waals surface area contributed by atoms with Crippen LogP contribution in [0.4, 0.5) is 4.79 Å². The highest BCUT2D eigenvalue weighted by Gasteiger charge is 2.37. The van der Waals surface area contributed by atoms with Crippen molar-refractivity contribution < 1.29 is 24.5 Å². The van der Waals surface area contributed by atoms with Gasteiger partial charge in [-0.25, -0.2) is 4.79 Å². The first-order valence-corrected chi connectivity index (χ1v) is 12.2. The highest BCUT2D eigenvalue weighted by molar-refractivity contribution is 5.84. The number of nitrogens with zero attached hydrogens (tertiary/aromatic N) is 3. The fraction of sp³-hybridized carbons (Fsp3) is 0.520. The van der Waals surface area contributed by atoms with Gasteiger partial charge in [0.15, 0.2) is 0 Å². The number of ether oxygens (including phenoxy) is 1. The number of carbonyl (C=O) groups excluding carboxylic acids is 2. The summed E-state index contributed by atoms with van der Waals surface area (Å²) < 4.78 is 7.03. The zero-order chi connectivity index (χ0) is 24.4. The van der Waals surface area contributed by atoms with Crippen LogP contribution in [0.2, 0.25) is 0 Å². The lowest BCUT2D eigenvalue weighted by Crippen LogP contribution is -2.60. The topological polar surface area (TPSA) is 119 Å². The number of carbonyl (C=O) groups is 2. The first-order chi connectivity index (χ1) is 17.0. The molecule has 3 unspecified atom stereocenters. The van der Waals surface area contributed by atoms with Crippen LogP contribution in [0.5, 0.6) is 0 Å². The number of amides is 2. The first-order valence-electron chi connectivity index (χ1n) is 12.2. The molecule has 0 aliphatic carbocycles. The SMILES string of the molecule is O=C1NCNC(CC(CO)N2Cc3cc(-c4ccc(CCN5CCOCC5)cc4)cn3C2=O)C1O. The van der Waals surface area contributed by atoms with E-state index in [2.05, 4.69) is 39.8 Å². The third kappa shape index (κ3) is 5.12. The number of rotatable bonds is 8. The van der Waals surface area contributed by atoms with E-state index in [1.54, 1.807) is 9.47 Å². The van der Waals surface area contributed by atoms with E-state index in [0.717, 1.165) is 56.1 Å². The molecule has 188 valence electrons. The zero-order valence-corrected chi connectivity index (χ0v) is 19.7. The van der Waals surface area contributed by atoms with Crippen molar-refractivity contribution in [1.29, 1.82) is 0 Å². The molecule has 4 N–H and O–H groups in total. The van der Waals surface area contributed by atoms with E-state index < -0.39 is 24.1 Å². The summed E-state index contributed by atoms with van der Waals surface area (Å²) in [7, 11) is 0. The van der Waals surface area contributed by atoms with Crippen molar-refractivity contribution in [3.8, 4) is 11.1 Å². The summed E-state index contributed by atoms with van der Waals surface area (Å²) in [5.74, 6) is -0.443. The zero-order valence-electron chi connectivity index (χ0n) is 19.7. The number of hydrogen-bond donors (Lipinski definition) is 4. The molecule has 0 spiro atoms. The Kier molecular flexibility index (Phi) is 7.17. The quantitative estimate of drug-likeness (QED) is 0.416. The van der Waals surface area contributed by atoms with Crippen LogP contribution < -0.4 is 10.6 Å². The fourth-order valence-corrected chi connectivity index (χ4v) is 5.08. The number of morpholine rings is 1. The normalized spacial score (nSPS) is 23.9. The number of benzene rings is 1. The largest absolute Gasteiger partial charge is 0.394 e. The number of aliphatic hydroxyl groups is 2. The Hall–Kier alpha value is -2.76. The maximum Gasteiger partial charge on any atom is 0.329 e. The maximum absolute atomic E-state index is 13.1. The van der Waals surface area contributed by atoms with E-state index >= 15 is 0 Å². The minimum atomic E-state index is -1.21. The molecule has 1 aromatic carbocycles. The third-order valence-electron chi connectivity index (χ3n) is 7.25. The molecule has 0 saturated carbocycles. The monoisotopic (exact) mass is 483 g/mol. The summed E-state index contributed by atoms with van der Waals surface area (Å²) in [6.45, 7) is 5.00. The van der Waals surface area contributed by atoms with Gasteiger partial charge < -0.3 is 25.2 Å². The van der Waals surface area contributed by atoms with Crippen LogP contribution in [-0.2, 0) is 22.5 Å². The highest BCUT2D eigenvalue weighted by Crippen LogP contribution is 2.29. The second-order valence-electron chi connectivity index (χ2n) is 9.45. The second-order valence-corrected chi connectivity index (χ2v) is 9.45. The molecule has 2 aromatic rings. The third-order valence-corrected chi connectivity index (χ3v) is 7.25. The summed E-state index contributed by atoms with van der Waals surface area (Å²) >= 11 is 0. The Morgan fingerprint density at radius 2 is 1.89 bits per heavy atom. The van der Waals surface area contributed by atoms with Gasteiger partial charge in [0.1, 0.15) is 6.10 Å². The van der Waals surface area contributed by atoms with E-state index in [4.69, 9.17) is 4.74 Å². The molecule has 4 heterocycles. The Bertz CT molecular complexity index is 1050. The van der Waals surface area contributed by atoms with Crippen LogP contribution in [0.3, 0.4) is 0 Å². The summed E-state index contributed by atoms with van der Waals surface area (Å²) in [6, 6.07) is 9.26. The van der Waals surface area contributed by atoms with Gasteiger partial charge in [0.05, 0.1) is 39.1 Å². The maximum atomic E-state index is 13.1. The van der Waals surface area contributed by atoms with Gasteiger partial charge in [0, 0.05) is 43.1 Å².